The first kappa shape index (κ1) is 17.3. The highest BCUT2D eigenvalue weighted by Gasteiger charge is 2.18. The molecule has 1 unspecified atom stereocenters. The summed E-state index contributed by atoms with van der Waals surface area (Å²) in [6.07, 6.45) is 0.722. The predicted molar refractivity (Wildman–Crippen MR) is 84.1 cm³/mol. The fourth-order valence-corrected chi connectivity index (χ4v) is 2.40. The summed E-state index contributed by atoms with van der Waals surface area (Å²) in [6, 6.07) is 10.7. The van der Waals surface area contributed by atoms with E-state index in [9.17, 15) is 13.2 Å². The second-order valence-corrected chi connectivity index (χ2v) is 5.53. The van der Waals surface area contributed by atoms with E-state index in [1.165, 1.54) is 6.92 Å². The second kappa shape index (κ2) is 8.02. The Labute approximate surface area is 134 Å². The Morgan fingerprint density at radius 3 is 2.43 bits per heavy atom. The molecule has 2 nitrogen and oxygen atoms in total. The summed E-state index contributed by atoms with van der Waals surface area (Å²) >= 11 is 0. The average molecular weight is 323 g/mol. The van der Waals surface area contributed by atoms with Crippen LogP contribution in [0.4, 0.5) is 13.2 Å². The molecule has 0 heterocycles. The topological polar surface area (TPSA) is 21.3 Å². The van der Waals surface area contributed by atoms with Crippen LogP contribution in [0.15, 0.2) is 36.4 Å². The Morgan fingerprint density at radius 2 is 1.78 bits per heavy atom. The third kappa shape index (κ3) is 4.48. The molecule has 23 heavy (non-hydrogen) atoms. The van der Waals surface area contributed by atoms with Crippen LogP contribution in [-0.2, 0) is 6.42 Å². The average Bonchev–Trinajstić information content (AvgIpc) is 2.56. The first-order chi connectivity index (χ1) is 11.0. The molecule has 2 aromatic carbocycles. The van der Waals surface area contributed by atoms with E-state index in [1.54, 1.807) is 0 Å². The van der Waals surface area contributed by atoms with Crippen LogP contribution in [-0.4, -0.2) is 20.2 Å². The molecular formula is C18H20F3NO. The van der Waals surface area contributed by atoms with Crippen molar-refractivity contribution in [2.75, 3.05) is 20.2 Å². The largest absolute Gasteiger partial charge is 0.490 e. The van der Waals surface area contributed by atoms with E-state index in [1.807, 2.05) is 37.4 Å². The van der Waals surface area contributed by atoms with E-state index in [0.717, 1.165) is 18.1 Å². The van der Waals surface area contributed by atoms with Gasteiger partial charge in [-0.05, 0) is 26.0 Å². The van der Waals surface area contributed by atoms with Gasteiger partial charge in [-0.25, -0.2) is 8.78 Å². The molecule has 0 amide bonds. The molecule has 0 radical (unpaired) electrons. The summed E-state index contributed by atoms with van der Waals surface area (Å²) in [6.45, 7) is 2.00. The highest BCUT2D eigenvalue weighted by Crippen LogP contribution is 2.25. The zero-order chi connectivity index (χ0) is 16.8. The molecule has 0 aliphatic heterocycles. The van der Waals surface area contributed by atoms with Gasteiger partial charge < -0.3 is 10.1 Å². The first-order valence-electron chi connectivity index (χ1n) is 7.48. The van der Waals surface area contributed by atoms with Gasteiger partial charge in [-0.2, -0.15) is 4.39 Å². The second-order valence-electron chi connectivity index (χ2n) is 5.53. The maximum Gasteiger partial charge on any atom is 0.201 e. The number of ether oxygens (including phenoxy) is 1. The van der Waals surface area contributed by atoms with Crippen molar-refractivity contribution < 1.29 is 17.9 Å². The Bertz CT molecular complexity index is 646. The Kier molecular flexibility index (Phi) is 6.04. The van der Waals surface area contributed by atoms with Crippen molar-refractivity contribution >= 4 is 0 Å². The number of rotatable bonds is 7. The smallest absolute Gasteiger partial charge is 0.201 e. The molecule has 0 saturated heterocycles. The van der Waals surface area contributed by atoms with Crippen LogP contribution in [0.1, 0.15) is 11.1 Å². The lowest BCUT2D eigenvalue weighted by atomic mass is 10.00. The van der Waals surface area contributed by atoms with Gasteiger partial charge in [-0.3, -0.25) is 0 Å². The zero-order valence-electron chi connectivity index (χ0n) is 13.2. The fraction of sp³-hybridized carbons (Fsp3) is 0.333. The SMILES string of the molecule is CNCC(COc1cc(F)c(C)c(F)c1F)Cc1ccccc1. The molecule has 0 aliphatic rings. The van der Waals surface area contributed by atoms with Crippen molar-refractivity contribution in [2.24, 2.45) is 5.92 Å². The molecule has 0 aromatic heterocycles. The quantitative estimate of drug-likeness (QED) is 0.781. The van der Waals surface area contributed by atoms with E-state index in [0.29, 0.717) is 6.54 Å². The standard InChI is InChI=1S/C18H20F3NO/c1-12-15(19)9-16(18(21)17(12)20)23-11-14(10-22-2)8-13-6-4-3-5-7-13/h3-7,9,14,22H,8,10-11H2,1-2H3. The van der Waals surface area contributed by atoms with E-state index in [2.05, 4.69) is 5.32 Å². The van der Waals surface area contributed by atoms with Crippen LogP contribution in [0.25, 0.3) is 0 Å². The summed E-state index contributed by atoms with van der Waals surface area (Å²) in [4.78, 5) is 0. The number of nitrogens with one attached hydrogen (secondary N) is 1. The van der Waals surface area contributed by atoms with E-state index < -0.39 is 17.5 Å². The molecule has 0 saturated carbocycles. The van der Waals surface area contributed by atoms with Crippen molar-refractivity contribution in [3.8, 4) is 5.75 Å². The predicted octanol–water partition coefficient (Wildman–Crippen LogP) is 3.87. The maximum atomic E-state index is 13.8. The van der Waals surface area contributed by atoms with Crippen molar-refractivity contribution in [3.63, 3.8) is 0 Å². The van der Waals surface area contributed by atoms with Gasteiger partial charge in [0.2, 0.25) is 5.82 Å². The lowest BCUT2D eigenvalue weighted by Gasteiger charge is -2.18. The van der Waals surface area contributed by atoms with Crippen LogP contribution < -0.4 is 10.1 Å². The van der Waals surface area contributed by atoms with E-state index >= 15 is 0 Å². The van der Waals surface area contributed by atoms with Gasteiger partial charge in [0.15, 0.2) is 11.6 Å². The molecule has 0 spiro atoms. The van der Waals surface area contributed by atoms with Crippen LogP contribution in [0, 0.1) is 30.3 Å². The number of benzene rings is 2. The lowest BCUT2D eigenvalue weighted by molar-refractivity contribution is 0.232. The normalized spacial score (nSPS) is 12.2. The molecule has 5 heteroatoms. The summed E-state index contributed by atoms with van der Waals surface area (Å²) in [5.74, 6) is -3.50. The van der Waals surface area contributed by atoms with Gasteiger partial charge >= 0.3 is 0 Å². The highest BCUT2D eigenvalue weighted by atomic mass is 19.2. The van der Waals surface area contributed by atoms with Gasteiger partial charge in [0.1, 0.15) is 5.82 Å². The summed E-state index contributed by atoms with van der Waals surface area (Å²) in [5, 5.41) is 3.05. The van der Waals surface area contributed by atoms with Crippen molar-refractivity contribution in [3.05, 3.63) is 65.0 Å². The van der Waals surface area contributed by atoms with Crippen LogP contribution in [0.5, 0.6) is 5.75 Å². The summed E-state index contributed by atoms with van der Waals surface area (Å²) < 4.78 is 46.3. The molecule has 0 bridgehead atoms. The number of halogens is 3. The summed E-state index contributed by atoms with van der Waals surface area (Å²) in [5.41, 5.74) is 0.781. The monoisotopic (exact) mass is 323 g/mol. The van der Waals surface area contributed by atoms with E-state index in [4.69, 9.17) is 4.74 Å². The Hall–Kier alpha value is -2.01. The van der Waals surface area contributed by atoms with Gasteiger partial charge in [-0.1, -0.05) is 30.3 Å². The third-order valence-corrected chi connectivity index (χ3v) is 3.69. The molecule has 1 atom stereocenters. The highest BCUT2D eigenvalue weighted by molar-refractivity contribution is 5.31. The minimum Gasteiger partial charge on any atom is -0.490 e. The van der Waals surface area contributed by atoms with Crippen molar-refractivity contribution in [2.45, 2.75) is 13.3 Å². The first-order valence-corrected chi connectivity index (χ1v) is 7.48. The van der Waals surface area contributed by atoms with Gasteiger partial charge in [0.05, 0.1) is 6.61 Å². The molecule has 1 N–H and O–H groups in total. The molecule has 2 aromatic rings. The molecule has 2 rings (SSSR count). The third-order valence-electron chi connectivity index (χ3n) is 3.69. The Balaban J connectivity index is 2.07. The van der Waals surface area contributed by atoms with Gasteiger partial charge in [0, 0.05) is 24.1 Å². The minimum atomic E-state index is -1.20. The molecule has 0 fully saturated rings. The molecular weight excluding hydrogens is 303 g/mol. The number of hydrogen-bond acceptors (Lipinski definition) is 2. The fourth-order valence-electron chi connectivity index (χ4n) is 2.40. The Morgan fingerprint density at radius 1 is 1.09 bits per heavy atom. The minimum absolute atomic E-state index is 0.0502. The van der Waals surface area contributed by atoms with Gasteiger partial charge in [0.25, 0.3) is 0 Å². The van der Waals surface area contributed by atoms with Crippen LogP contribution in [0.3, 0.4) is 0 Å². The molecule has 124 valence electrons. The number of hydrogen-bond donors (Lipinski definition) is 1. The van der Waals surface area contributed by atoms with Crippen molar-refractivity contribution in [1.82, 2.24) is 5.32 Å². The molecule has 0 aliphatic carbocycles. The van der Waals surface area contributed by atoms with Crippen LogP contribution >= 0.6 is 0 Å². The maximum absolute atomic E-state index is 13.8. The van der Waals surface area contributed by atoms with Crippen molar-refractivity contribution in [1.29, 1.82) is 0 Å². The lowest BCUT2D eigenvalue weighted by Crippen LogP contribution is -2.26. The van der Waals surface area contributed by atoms with Crippen LogP contribution in [0.2, 0.25) is 0 Å². The summed E-state index contributed by atoms with van der Waals surface area (Å²) in [7, 11) is 1.81. The van der Waals surface area contributed by atoms with Gasteiger partial charge in [-0.15, -0.1) is 0 Å². The van der Waals surface area contributed by atoms with E-state index in [-0.39, 0.29) is 23.8 Å². The zero-order valence-corrected chi connectivity index (χ0v) is 13.2.